The fourth-order valence-corrected chi connectivity index (χ4v) is 7.49. The van der Waals surface area contributed by atoms with E-state index in [9.17, 15) is 9.59 Å². The lowest BCUT2D eigenvalue weighted by Gasteiger charge is -2.56. The topological polar surface area (TPSA) is 61.4 Å². The van der Waals surface area contributed by atoms with E-state index in [0.29, 0.717) is 18.9 Å². The van der Waals surface area contributed by atoms with Crippen LogP contribution in [0.2, 0.25) is 0 Å². The number of carbonyl (C=O) groups excluding carboxylic acids is 2. The van der Waals surface area contributed by atoms with Gasteiger partial charge in [0.2, 0.25) is 5.91 Å². The van der Waals surface area contributed by atoms with E-state index in [1.807, 2.05) is 4.90 Å². The molecule has 0 aromatic rings. The van der Waals surface area contributed by atoms with Crippen molar-refractivity contribution in [2.45, 2.75) is 82.6 Å². The number of nitrogens with zero attached hydrogens (tertiary/aromatic N) is 1. The molecule has 5 fully saturated rings. The minimum Gasteiger partial charge on any atom is -0.351 e. The molecule has 29 heavy (non-hydrogen) atoms. The van der Waals surface area contributed by atoms with Gasteiger partial charge < -0.3 is 15.5 Å². The summed E-state index contributed by atoms with van der Waals surface area (Å²) in [6, 6.07) is 0.0383. The molecule has 1 heterocycles. The number of allylic oxidation sites excluding steroid dienone is 1. The molecular formula is C24H37N3O2. The predicted molar refractivity (Wildman–Crippen MR) is 113 cm³/mol. The Balaban J connectivity index is 1.03. The van der Waals surface area contributed by atoms with Crippen LogP contribution in [-0.4, -0.2) is 42.0 Å². The Morgan fingerprint density at radius 2 is 1.79 bits per heavy atom. The molecule has 1 unspecified atom stereocenters. The third-order valence-corrected chi connectivity index (χ3v) is 8.40. The summed E-state index contributed by atoms with van der Waals surface area (Å²) in [6.45, 7) is 2.25. The second-order valence-corrected chi connectivity index (χ2v) is 10.7. The molecule has 5 aliphatic carbocycles. The quantitative estimate of drug-likeness (QED) is 0.542. The lowest BCUT2D eigenvalue weighted by molar-refractivity contribution is -0.126. The monoisotopic (exact) mass is 399 g/mol. The number of amides is 3. The van der Waals surface area contributed by atoms with Crippen LogP contribution in [0.25, 0.3) is 0 Å². The number of nitrogens with one attached hydrogen (secondary N) is 2. The Labute approximate surface area is 175 Å². The van der Waals surface area contributed by atoms with Gasteiger partial charge in [-0.05, 0) is 94.3 Å². The van der Waals surface area contributed by atoms with Gasteiger partial charge in [-0.2, -0.15) is 0 Å². The van der Waals surface area contributed by atoms with Crippen molar-refractivity contribution in [2.75, 3.05) is 19.6 Å². The Morgan fingerprint density at radius 1 is 1.07 bits per heavy atom. The molecule has 1 aliphatic heterocycles. The summed E-state index contributed by atoms with van der Waals surface area (Å²) >= 11 is 0. The SMILES string of the molecule is O=C(CCCNC(=O)N1CCC2CCCC=C2C1)NC12CC3CC(CC(C3)C1)C2. The van der Waals surface area contributed by atoms with Crippen molar-refractivity contribution in [3.8, 4) is 0 Å². The first-order valence-corrected chi connectivity index (χ1v) is 12.1. The number of carbonyl (C=O) groups is 2. The van der Waals surface area contributed by atoms with Crippen LogP contribution in [0.15, 0.2) is 11.6 Å². The molecule has 0 spiro atoms. The Kier molecular flexibility index (Phi) is 5.34. The fourth-order valence-electron chi connectivity index (χ4n) is 7.49. The van der Waals surface area contributed by atoms with Gasteiger partial charge in [0, 0.05) is 31.6 Å². The van der Waals surface area contributed by atoms with Crippen LogP contribution in [-0.2, 0) is 4.79 Å². The van der Waals surface area contributed by atoms with Crippen molar-refractivity contribution in [1.82, 2.24) is 15.5 Å². The number of likely N-dealkylation sites (tertiary alicyclic amines) is 1. The van der Waals surface area contributed by atoms with Crippen molar-refractivity contribution in [2.24, 2.45) is 23.7 Å². The van der Waals surface area contributed by atoms with Crippen molar-refractivity contribution in [1.29, 1.82) is 0 Å². The van der Waals surface area contributed by atoms with Crippen LogP contribution in [0.1, 0.15) is 77.0 Å². The Bertz CT molecular complexity index is 650. The van der Waals surface area contributed by atoms with Crippen molar-refractivity contribution >= 4 is 11.9 Å². The minimum absolute atomic E-state index is 0.0383. The lowest BCUT2D eigenvalue weighted by Crippen LogP contribution is -2.59. The summed E-state index contributed by atoms with van der Waals surface area (Å²) in [4.78, 5) is 27.0. The highest BCUT2D eigenvalue weighted by Gasteiger charge is 2.51. The van der Waals surface area contributed by atoms with Gasteiger partial charge in [0.05, 0.1) is 0 Å². The molecule has 0 aromatic heterocycles. The van der Waals surface area contributed by atoms with Crippen molar-refractivity contribution in [3.05, 3.63) is 11.6 Å². The van der Waals surface area contributed by atoms with E-state index in [4.69, 9.17) is 0 Å². The Hall–Kier alpha value is -1.52. The summed E-state index contributed by atoms with van der Waals surface area (Å²) < 4.78 is 0. The van der Waals surface area contributed by atoms with E-state index in [1.54, 1.807) is 0 Å². The summed E-state index contributed by atoms with van der Waals surface area (Å²) in [5.41, 5.74) is 1.57. The number of urea groups is 1. The molecule has 0 aromatic carbocycles. The van der Waals surface area contributed by atoms with Gasteiger partial charge in [0.1, 0.15) is 0 Å². The normalized spacial score (nSPS) is 37.7. The average Bonchev–Trinajstić information content (AvgIpc) is 2.69. The highest BCUT2D eigenvalue weighted by atomic mass is 16.2. The van der Waals surface area contributed by atoms with Crippen LogP contribution in [0.3, 0.4) is 0 Å². The largest absolute Gasteiger partial charge is 0.351 e. The predicted octanol–water partition coefficient (Wildman–Crippen LogP) is 3.99. The molecule has 4 bridgehead atoms. The van der Waals surface area contributed by atoms with E-state index in [2.05, 4.69) is 16.7 Å². The number of piperidine rings is 1. The maximum absolute atomic E-state index is 12.6. The zero-order chi connectivity index (χ0) is 19.8. The van der Waals surface area contributed by atoms with E-state index < -0.39 is 0 Å². The first-order valence-electron chi connectivity index (χ1n) is 12.1. The molecule has 1 atom stereocenters. The highest BCUT2D eigenvalue weighted by Crippen LogP contribution is 2.55. The molecule has 6 aliphatic rings. The fraction of sp³-hybridized carbons (Fsp3) is 0.833. The minimum atomic E-state index is 0.0383. The molecule has 5 nitrogen and oxygen atoms in total. The summed E-state index contributed by atoms with van der Waals surface area (Å²) in [5, 5.41) is 6.48. The third-order valence-electron chi connectivity index (χ3n) is 8.40. The highest BCUT2D eigenvalue weighted by molar-refractivity contribution is 5.77. The number of rotatable bonds is 5. The third kappa shape index (κ3) is 4.20. The van der Waals surface area contributed by atoms with E-state index in [1.165, 1.54) is 63.4 Å². The first kappa shape index (κ1) is 19.4. The van der Waals surface area contributed by atoms with Gasteiger partial charge in [0.25, 0.3) is 0 Å². The molecular weight excluding hydrogens is 362 g/mol. The number of hydrogen-bond donors (Lipinski definition) is 2. The van der Waals surface area contributed by atoms with E-state index in [0.717, 1.165) is 43.7 Å². The van der Waals surface area contributed by atoms with Gasteiger partial charge in [-0.15, -0.1) is 0 Å². The van der Waals surface area contributed by atoms with Gasteiger partial charge in [0.15, 0.2) is 0 Å². The molecule has 2 N–H and O–H groups in total. The van der Waals surface area contributed by atoms with E-state index >= 15 is 0 Å². The van der Waals surface area contributed by atoms with Gasteiger partial charge in [-0.25, -0.2) is 4.79 Å². The van der Waals surface area contributed by atoms with Crippen LogP contribution >= 0.6 is 0 Å². The van der Waals surface area contributed by atoms with Gasteiger partial charge in [-0.3, -0.25) is 4.79 Å². The Morgan fingerprint density at radius 3 is 2.52 bits per heavy atom. The van der Waals surface area contributed by atoms with Gasteiger partial charge >= 0.3 is 6.03 Å². The van der Waals surface area contributed by atoms with Crippen molar-refractivity contribution < 1.29 is 9.59 Å². The molecule has 160 valence electrons. The molecule has 1 saturated heterocycles. The van der Waals surface area contributed by atoms with Crippen LogP contribution in [0.4, 0.5) is 4.79 Å². The number of fused-ring (bicyclic) bond motifs is 1. The summed E-state index contributed by atoms with van der Waals surface area (Å²) in [5.74, 6) is 3.45. The molecule has 4 saturated carbocycles. The van der Waals surface area contributed by atoms with E-state index in [-0.39, 0.29) is 17.5 Å². The average molecular weight is 400 g/mol. The van der Waals surface area contributed by atoms with Crippen LogP contribution in [0, 0.1) is 23.7 Å². The van der Waals surface area contributed by atoms with Gasteiger partial charge in [-0.1, -0.05) is 11.6 Å². The standard InChI is InChI=1S/C24H37N3O2/c28-22(26-24-13-17-10-18(14-24)12-19(11-17)15-24)6-3-8-25-23(29)27-9-7-20-4-1-2-5-21(20)16-27/h5,17-20H,1-4,6-16H2,(H,25,29)(H,26,28). The molecule has 6 rings (SSSR count). The van der Waals surface area contributed by atoms with Crippen molar-refractivity contribution in [3.63, 3.8) is 0 Å². The zero-order valence-electron chi connectivity index (χ0n) is 17.8. The molecule has 5 heteroatoms. The lowest BCUT2D eigenvalue weighted by atomic mass is 9.53. The number of hydrogen-bond acceptors (Lipinski definition) is 2. The van der Waals surface area contributed by atoms with Crippen LogP contribution in [0.5, 0.6) is 0 Å². The van der Waals surface area contributed by atoms with Crippen LogP contribution < -0.4 is 10.6 Å². The maximum atomic E-state index is 12.6. The smallest absolute Gasteiger partial charge is 0.317 e. The summed E-state index contributed by atoms with van der Waals surface area (Å²) in [7, 11) is 0. The zero-order valence-corrected chi connectivity index (χ0v) is 17.8. The second-order valence-electron chi connectivity index (χ2n) is 10.7. The molecule has 0 radical (unpaired) electrons. The maximum Gasteiger partial charge on any atom is 0.317 e. The molecule has 3 amide bonds. The second kappa shape index (κ2) is 7.96. The first-order chi connectivity index (χ1) is 14.1. The summed E-state index contributed by atoms with van der Waals surface area (Å²) in [6.07, 6.45) is 16.3.